The van der Waals surface area contributed by atoms with E-state index < -0.39 is 11.7 Å². The normalized spacial score (nSPS) is 14.9. The van der Waals surface area contributed by atoms with Crippen LogP contribution in [0.25, 0.3) is 5.57 Å². The minimum Gasteiger partial charge on any atom is -0.381 e. The van der Waals surface area contributed by atoms with Crippen LogP contribution in [0, 0.1) is 18.3 Å². The first kappa shape index (κ1) is 25.4. The lowest BCUT2D eigenvalue weighted by Crippen LogP contribution is -2.18. The summed E-state index contributed by atoms with van der Waals surface area (Å²) in [6.07, 6.45) is 5.18. The van der Waals surface area contributed by atoms with Crippen molar-refractivity contribution in [2.45, 2.75) is 32.4 Å². The minimum absolute atomic E-state index is 0.350. The van der Waals surface area contributed by atoms with Crippen LogP contribution < -0.4 is 10.6 Å². The van der Waals surface area contributed by atoms with E-state index in [0.717, 1.165) is 67.0 Å². The molecule has 1 aliphatic rings. The number of halogens is 3. The molecule has 188 valence electrons. The zero-order valence-corrected chi connectivity index (χ0v) is 20.0. The Balaban J connectivity index is 1.53. The molecule has 0 atom stereocenters. The fourth-order valence-electron chi connectivity index (χ4n) is 4.27. The molecule has 4 rings (SSSR count). The van der Waals surface area contributed by atoms with Gasteiger partial charge < -0.3 is 20.8 Å². The lowest BCUT2D eigenvalue weighted by molar-refractivity contribution is -0.137. The summed E-state index contributed by atoms with van der Waals surface area (Å²) in [5, 5.41) is 14.3. The number of hydrogen-bond acceptors (Lipinski definition) is 5. The Morgan fingerprint density at radius 1 is 1.11 bits per heavy atom. The molecule has 3 N–H and O–H groups in total. The third-order valence-electron chi connectivity index (χ3n) is 6.33. The Bertz CT molecular complexity index is 1230. The molecule has 2 aromatic carbocycles. The van der Waals surface area contributed by atoms with Crippen molar-refractivity contribution in [2.24, 2.45) is 5.92 Å². The zero-order valence-electron chi connectivity index (χ0n) is 20.0. The van der Waals surface area contributed by atoms with Crippen molar-refractivity contribution in [1.82, 2.24) is 4.98 Å². The van der Waals surface area contributed by atoms with Gasteiger partial charge in [0.1, 0.15) is 0 Å². The van der Waals surface area contributed by atoms with Crippen molar-refractivity contribution in [2.75, 3.05) is 23.8 Å². The van der Waals surface area contributed by atoms with Crippen molar-refractivity contribution >= 4 is 28.8 Å². The summed E-state index contributed by atoms with van der Waals surface area (Å²) in [7, 11) is 0. The summed E-state index contributed by atoms with van der Waals surface area (Å²) < 4.78 is 44.7. The molecule has 1 fully saturated rings. The molecule has 0 aliphatic carbocycles. The molecule has 8 heteroatoms. The molecular weight excluding hydrogens is 465 g/mol. The summed E-state index contributed by atoms with van der Waals surface area (Å²) in [5.74, 6) is 0.542. The highest BCUT2D eigenvalue weighted by Crippen LogP contribution is 2.32. The Kier molecular flexibility index (Phi) is 8.05. The van der Waals surface area contributed by atoms with Gasteiger partial charge in [0.25, 0.3) is 0 Å². The molecular formula is C28H29F3N4O. The van der Waals surface area contributed by atoms with Gasteiger partial charge in [-0.05, 0) is 79.6 Å². The third kappa shape index (κ3) is 6.51. The Morgan fingerprint density at radius 2 is 1.89 bits per heavy atom. The van der Waals surface area contributed by atoms with E-state index in [0.29, 0.717) is 22.9 Å². The first-order valence-corrected chi connectivity index (χ1v) is 11.9. The van der Waals surface area contributed by atoms with E-state index in [1.807, 2.05) is 31.2 Å². The van der Waals surface area contributed by atoms with Crippen LogP contribution in [-0.2, 0) is 17.3 Å². The Hall–Kier alpha value is -3.65. The van der Waals surface area contributed by atoms with E-state index in [2.05, 4.69) is 15.6 Å². The van der Waals surface area contributed by atoms with Gasteiger partial charge in [0, 0.05) is 66.2 Å². The van der Waals surface area contributed by atoms with Gasteiger partial charge in [0.15, 0.2) is 0 Å². The van der Waals surface area contributed by atoms with Gasteiger partial charge in [-0.25, -0.2) is 0 Å². The van der Waals surface area contributed by atoms with Gasteiger partial charge in [0.05, 0.1) is 5.56 Å². The Labute approximate surface area is 208 Å². The molecule has 3 aromatic rings. The van der Waals surface area contributed by atoms with Crippen LogP contribution >= 0.6 is 0 Å². The SMILES string of the molecule is Cc1ccc(Nc2cccc(C(F)(F)F)c2)cc1N/C=C(\C=N)c1cnccc1CC1CCOCC1. The summed E-state index contributed by atoms with van der Waals surface area (Å²) in [6, 6.07) is 12.6. The molecule has 1 saturated heterocycles. The van der Waals surface area contributed by atoms with Crippen molar-refractivity contribution in [3.8, 4) is 0 Å². The molecule has 0 unspecified atom stereocenters. The number of alkyl halides is 3. The van der Waals surface area contributed by atoms with E-state index in [1.54, 1.807) is 24.7 Å². The number of pyridine rings is 1. The summed E-state index contributed by atoms with van der Waals surface area (Å²) in [6.45, 7) is 3.50. The van der Waals surface area contributed by atoms with Crippen molar-refractivity contribution < 1.29 is 17.9 Å². The highest BCUT2D eigenvalue weighted by molar-refractivity contribution is 6.09. The van der Waals surface area contributed by atoms with E-state index >= 15 is 0 Å². The average Bonchev–Trinajstić information content (AvgIpc) is 2.87. The number of allylic oxidation sites excluding steroid dienone is 1. The number of rotatable bonds is 8. The first-order chi connectivity index (χ1) is 17.3. The van der Waals surface area contributed by atoms with Crippen molar-refractivity contribution in [3.63, 3.8) is 0 Å². The molecule has 0 saturated carbocycles. The second kappa shape index (κ2) is 11.4. The molecule has 5 nitrogen and oxygen atoms in total. The zero-order chi connectivity index (χ0) is 25.5. The van der Waals surface area contributed by atoms with Gasteiger partial charge in [-0.15, -0.1) is 0 Å². The van der Waals surface area contributed by atoms with Gasteiger partial charge >= 0.3 is 6.18 Å². The third-order valence-corrected chi connectivity index (χ3v) is 6.33. The van der Waals surface area contributed by atoms with Gasteiger partial charge in [-0.2, -0.15) is 13.2 Å². The van der Waals surface area contributed by atoms with Crippen LogP contribution in [0.15, 0.2) is 67.1 Å². The summed E-state index contributed by atoms with van der Waals surface area (Å²) >= 11 is 0. The first-order valence-electron chi connectivity index (χ1n) is 11.9. The van der Waals surface area contributed by atoms with Crippen LogP contribution in [0.4, 0.5) is 30.2 Å². The highest BCUT2D eigenvalue weighted by Gasteiger charge is 2.30. The number of ether oxygens (including phenoxy) is 1. The summed E-state index contributed by atoms with van der Waals surface area (Å²) in [5.41, 5.74) is 4.77. The summed E-state index contributed by atoms with van der Waals surface area (Å²) in [4.78, 5) is 4.28. The lowest BCUT2D eigenvalue weighted by Gasteiger charge is -2.23. The number of benzene rings is 2. The topological polar surface area (TPSA) is 70.0 Å². The Morgan fingerprint density at radius 3 is 2.64 bits per heavy atom. The van der Waals surface area contributed by atoms with Crippen LogP contribution in [-0.4, -0.2) is 24.4 Å². The van der Waals surface area contributed by atoms with Crippen LogP contribution in [0.1, 0.15) is 35.1 Å². The van der Waals surface area contributed by atoms with Gasteiger partial charge in [-0.1, -0.05) is 12.1 Å². The predicted molar refractivity (Wildman–Crippen MR) is 138 cm³/mol. The van der Waals surface area contributed by atoms with Gasteiger partial charge in [0.2, 0.25) is 0 Å². The molecule has 0 radical (unpaired) electrons. The standard InChI is InChI=1S/C28H29F3N4O/c1-19-5-6-25(35-24-4-2-3-23(14-24)28(29,30)31)15-27(19)34-17-22(16-32)26-18-33-10-7-21(26)13-20-8-11-36-12-9-20/h2-7,10,14-18,20,32,34-35H,8-9,11-13H2,1H3/b22-17+,32-16?. The maximum atomic E-state index is 13.1. The monoisotopic (exact) mass is 494 g/mol. The van der Waals surface area contributed by atoms with Crippen LogP contribution in [0.5, 0.6) is 0 Å². The molecule has 0 bridgehead atoms. The van der Waals surface area contributed by atoms with Crippen LogP contribution in [0.2, 0.25) is 0 Å². The molecule has 0 spiro atoms. The lowest BCUT2D eigenvalue weighted by atomic mass is 9.89. The van der Waals surface area contributed by atoms with Crippen molar-refractivity contribution in [1.29, 1.82) is 5.41 Å². The van der Waals surface area contributed by atoms with Crippen LogP contribution in [0.3, 0.4) is 0 Å². The second-order valence-electron chi connectivity index (χ2n) is 8.91. The van der Waals surface area contributed by atoms with E-state index in [-0.39, 0.29) is 0 Å². The fraction of sp³-hybridized carbons (Fsp3) is 0.286. The molecule has 1 aliphatic heterocycles. The predicted octanol–water partition coefficient (Wildman–Crippen LogP) is 7.22. The second-order valence-corrected chi connectivity index (χ2v) is 8.91. The molecule has 1 aromatic heterocycles. The molecule has 0 amide bonds. The highest BCUT2D eigenvalue weighted by atomic mass is 19.4. The molecule has 2 heterocycles. The number of nitrogens with one attached hydrogen (secondary N) is 3. The largest absolute Gasteiger partial charge is 0.416 e. The number of aryl methyl sites for hydroxylation is 1. The number of aromatic nitrogens is 1. The smallest absolute Gasteiger partial charge is 0.381 e. The van der Waals surface area contributed by atoms with E-state index in [9.17, 15) is 13.2 Å². The fourth-order valence-corrected chi connectivity index (χ4v) is 4.27. The van der Waals surface area contributed by atoms with E-state index in [1.165, 1.54) is 12.3 Å². The maximum absolute atomic E-state index is 13.1. The maximum Gasteiger partial charge on any atom is 0.416 e. The minimum atomic E-state index is -4.40. The van der Waals surface area contributed by atoms with E-state index in [4.69, 9.17) is 10.1 Å². The van der Waals surface area contributed by atoms with Gasteiger partial charge in [-0.3, -0.25) is 4.98 Å². The number of hydrogen-bond donors (Lipinski definition) is 3. The average molecular weight is 495 g/mol. The quantitative estimate of drug-likeness (QED) is 0.289. The molecule has 36 heavy (non-hydrogen) atoms. The number of nitrogens with zero attached hydrogens (tertiary/aromatic N) is 1. The number of anilines is 3. The van der Waals surface area contributed by atoms with Crippen molar-refractivity contribution in [3.05, 3.63) is 89.4 Å².